The number of aromatic nitrogens is 2. The van der Waals surface area contributed by atoms with Crippen molar-refractivity contribution in [3.05, 3.63) is 12.2 Å². The van der Waals surface area contributed by atoms with Crippen LogP contribution in [0, 0.1) is 0 Å². The first-order valence-electron chi connectivity index (χ1n) is 7.60. The van der Waals surface area contributed by atoms with Gasteiger partial charge in [-0.25, -0.2) is 0 Å². The number of nitrogens with zero attached hydrogens (tertiary/aromatic N) is 4. The van der Waals surface area contributed by atoms with Crippen LogP contribution >= 0.6 is 0 Å². The van der Waals surface area contributed by atoms with Crippen molar-refractivity contribution in [3.63, 3.8) is 0 Å². The minimum atomic E-state index is 0.696. The molecule has 0 aliphatic carbocycles. The van der Waals surface area contributed by atoms with E-state index in [4.69, 9.17) is 4.52 Å². The van der Waals surface area contributed by atoms with Crippen molar-refractivity contribution in [3.8, 4) is 0 Å². The van der Waals surface area contributed by atoms with Gasteiger partial charge in [0.2, 0.25) is 6.39 Å². The standard InChI is InChI=1S/C14H24N4O/c1-2-12-9-17-7-4-3-5-13(17)10-18(12)8-6-14-15-11-19-16-14/h11-13H,2-10H2,1H3. The smallest absolute Gasteiger partial charge is 0.213 e. The quantitative estimate of drug-likeness (QED) is 0.826. The van der Waals surface area contributed by atoms with Gasteiger partial charge in [-0.05, 0) is 25.8 Å². The van der Waals surface area contributed by atoms with Crippen LogP contribution in [-0.2, 0) is 6.42 Å². The second-order valence-electron chi connectivity index (χ2n) is 5.80. The number of hydrogen-bond donors (Lipinski definition) is 0. The molecule has 2 aliphatic heterocycles. The maximum Gasteiger partial charge on any atom is 0.213 e. The summed E-state index contributed by atoms with van der Waals surface area (Å²) < 4.78 is 4.81. The Balaban J connectivity index is 1.59. The summed E-state index contributed by atoms with van der Waals surface area (Å²) in [6.07, 6.45) is 7.71. The molecule has 2 unspecified atom stereocenters. The lowest BCUT2D eigenvalue weighted by atomic mass is 9.95. The topological polar surface area (TPSA) is 45.4 Å². The summed E-state index contributed by atoms with van der Waals surface area (Å²) in [7, 11) is 0. The molecule has 19 heavy (non-hydrogen) atoms. The Labute approximate surface area is 115 Å². The Morgan fingerprint density at radius 1 is 1.37 bits per heavy atom. The molecule has 0 bridgehead atoms. The fourth-order valence-corrected chi connectivity index (χ4v) is 3.52. The van der Waals surface area contributed by atoms with E-state index >= 15 is 0 Å². The SMILES string of the molecule is CCC1CN2CCCCC2CN1CCc1ncon1. The third-order valence-electron chi connectivity index (χ3n) is 4.66. The Bertz CT molecular complexity index is 381. The second-order valence-corrected chi connectivity index (χ2v) is 5.80. The van der Waals surface area contributed by atoms with Crippen molar-refractivity contribution in [1.82, 2.24) is 19.9 Å². The van der Waals surface area contributed by atoms with Gasteiger partial charge >= 0.3 is 0 Å². The molecular weight excluding hydrogens is 240 g/mol. The first kappa shape index (κ1) is 13.1. The second kappa shape index (κ2) is 6.01. The van der Waals surface area contributed by atoms with Gasteiger partial charge in [0.25, 0.3) is 0 Å². The molecule has 5 nitrogen and oxygen atoms in total. The molecule has 1 aromatic rings. The van der Waals surface area contributed by atoms with Gasteiger partial charge in [-0.15, -0.1) is 0 Å². The number of piperidine rings is 1. The number of hydrogen-bond acceptors (Lipinski definition) is 5. The summed E-state index contributed by atoms with van der Waals surface area (Å²) in [5.41, 5.74) is 0. The summed E-state index contributed by atoms with van der Waals surface area (Å²) in [5, 5.41) is 3.91. The van der Waals surface area contributed by atoms with Gasteiger partial charge in [-0.1, -0.05) is 18.5 Å². The fraction of sp³-hybridized carbons (Fsp3) is 0.857. The predicted molar refractivity (Wildman–Crippen MR) is 72.9 cm³/mol. The van der Waals surface area contributed by atoms with Gasteiger partial charge in [-0.2, -0.15) is 4.98 Å². The molecule has 2 aliphatic rings. The maximum absolute atomic E-state index is 4.81. The molecule has 2 fully saturated rings. The average Bonchev–Trinajstić information content (AvgIpc) is 2.97. The molecule has 2 saturated heterocycles. The number of fused-ring (bicyclic) bond motifs is 1. The van der Waals surface area contributed by atoms with E-state index < -0.39 is 0 Å². The van der Waals surface area contributed by atoms with E-state index in [1.54, 1.807) is 0 Å². The zero-order valence-electron chi connectivity index (χ0n) is 11.8. The molecular formula is C14H24N4O. The van der Waals surface area contributed by atoms with Crippen LogP contribution in [0.3, 0.4) is 0 Å². The van der Waals surface area contributed by atoms with Crippen LogP contribution in [0.2, 0.25) is 0 Å². The molecule has 3 heterocycles. The predicted octanol–water partition coefficient (Wildman–Crippen LogP) is 1.56. The summed E-state index contributed by atoms with van der Waals surface area (Å²) >= 11 is 0. The number of piperazine rings is 1. The summed E-state index contributed by atoms with van der Waals surface area (Å²) in [6.45, 7) is 7.13. The summed E-state index contributed by atoms with van der Waals surface area (Å²) in [5.74, 6) is 0.834. The lowest BCUT2D eigenvalue weighted by molar-refractivity contribution is 0.00798. The van der Waals surface area contributed by atoms with Crippen molar-refractivity contribution >= 4 is 0 Å². The van der Waals surface area contributed by atoms with Crippen molar-refractivity contribution in [1.29, 1.82) is 0 Å². The van der Waals surface area contributed by atoms with E-state index in [-0.39, 0.29) is 0 Å². The Morgan fingerprint density at radius 2 is 2.32 bits per heavy atom. The molecule has 0 spiro atoms. The van der Waals surface area contributed by atoms with Crippen LogP contribution in [0.25, 0.3) is 0 Å². The van der Waals surface area contributed by atoms with Gasteiger partial charge in [0.1, 0.15) is 0 Å². The summed E-state index contributed by atoms with van der Waals surface area (Å²) in [6, 6.07) is 1.48. The Kier molecular flexibility index (Phi) is 4.13. The van der Waals surface area contributed by atoms with E-state index in [1.165, 1.54) is 51.7 Å². The van der Waals surface area contributed by atoms with E-state index in [2.05, 4.69) is 26.9 Å². The molecule has 106 valence electrons. The van der Waals surface area contributed by atoms with E-state index in [1.807, 2.05) is 0 Å². The highest BCUT2D eigenvalue weighted by Gasteiger charge is 2.33. The molecule has 0 amide bonds. The Hall–Kier alpha value is -0.940. The van der Waals surface area contributed by atoms with Gasteiger partial charge < -0.3 is 4.52 Å². The van der Waals surface area contributed by atoms with Gasteiger partial charge in [0.15, 0.2) is 5.82 Å². The van der Waals surface area contributed by atoms with Gasteiger partial charge in [0, 0.05) is 38.1 Å². The number of rotatable bonds is 4. The fourth-order valence-electron chi connectivity index (χ4n) is 3.52. The monoisotopic (exact) mass is 264 g/mol. The van der Waals surface area contributed by atoms with E-state index in [0.29, 0.717) is 6.04 Å². The van der Waals surface area contributed by atoms with Crippen molar-refractivity contribution < 1.29 is 4.52 Å². The third kappa shape index (κ3) is 2.98. The van der Waals surface area contributed by atoms with Crippen molar-refractivity contribution in [2.45, 2.75) is 51.1 Å². The first-order valence-corrected chi connectivity index (χ1v) is 7.60. The van der Waals surface area contributed by atoms with Crippen LogP contribution in [0.4, 0.5) is 0 Å². The van der Waals surface area contributed by atoms with Crippen LogP contribution in [0.5, 0.6) is 0 Å². The Morgan fingerprint density at radius 3 is 3.11 bits per heavy atom. The molecule has 0 radical (unpaired) electrons. The van der Waals surface area contributed by atoms with E-state index in [9.17, 15) is 0 Å². The zero-order valence-corrected chi connectivity index (χ0v) is 11.8. The van der Waals surface area contributed by atoms with Gasteiger partial charge in [-0.3, -0.25) is 9.80 Å². The highest BCUT2D eigenvalue weighted by atomic mass is 16.5. The zero-order chi connectivity index (χ0) is 13.1. The lowest BCUT2D eigenvalue weighted by Gasteiger charge is -2.48. The van der Waals surface area contributed by atoms with Crippen LogP contribution in [0.1, 0.15) is 38.4 Å². The molecule has 3 rings (SSSR count). The lowest BCUT2D eigenvalue weighted by Crippen LogP contribution is -2.59. The highest BCUT2D eigenvalue weighted by molar-refractivity contribution is 4.91. The van der Waals surface area contributed by atoms with Crippen molar-refractivity contribution in [2.75, 3.05) is 26.2 Å². The molecule has 0 aromatic carbocycles. The van der Waals surface area contributed by atoms with Crippen LogP contribution in [-0.4, -0.2) is 58.2 Å². The molecule has 0 saturated carbocycles. The van der Waals surface area contributed by atoms with Crippen molar-refractivity contribution in [2.24, 2.45) is 0 Å². The van der Waals surface area contributed by atoms with Crippen LogP contribution in [0.15, 0.2) is 10.9 Å². The largest absolute Gasteiger partial charge is 0.343 e. The van der Waals surface area contributed by atoms with Crippen LogP contribution < -0.4 is 0 Å². The maximum atomic E-state index is 4.81. The molecule has 2 atom stereocenters. The summed E-state index contributed by atoms with van der Waals surface area (Å²) in [4.78, 5) is 9.47. The van der Waals surface area contributed by atoms with E-state index in [0.717, 1.165) is 24.8 Å². The molecule has 0 N–H and O–H groups in total. The first-order chi connectivity index (χ1) is 9.36. The molecule has 5 heteroatoms. The average molecular weight is 264 g/mol. The molecule has 1 aromatic heterocycles. The minimum absolute atomic E-state index is 0.696. The third-order valence-corrected chi connectivity index (χ3v) is 4.66. The normalized spacial score (nSPS) is 29.3. The van der Waals surface area contributed by atoms with Gasteiger partial charge in [0.05, 0.1) is 0 Å². The highest BCUT2D eigenvalue weighted by Crippen LogP contribution is 2.25. The minimum Gasteiger partial charge on any atom is -0.343 e.